The van der Waals surface area contributed by atoms with E-state index in [1.54, 1.807) is 11.3 Å². The second-order valence-electron chi connectivity index (χ2n) is 4.53. The molecule has 0 aliphatic heterocycles. The summed E-state index contributed by atoms with van der Waals surface area (Å²) in [4.78, 5) is 6.78. The molecule has 0 bridgehead atoms. The lowest BCUT2D eigenvalue weighted by Crippen LogP contribution is -2.21. The highest BCUT2D eigenvalue weighted by molar-refractivity contribution is 7.09. The fourth-order valence-corrected chi connectivity index (χ4v) is 3.21. The van der Waals surface area contributed by atoms with Crippen LogP contribution in [0.4, 0.5) is 0 Å². The summed E-state index contributed by atoms with van der Waals surface area (Å²) >= 11 is 13.5. The highest BCUT2D eigenvalue weighted by Crippen LogP contribution is 2.25. The van der Waals surface area contributed by atoms with Crippen LogP contribution < -0.4 is 0 Å². The number of rotatable bonds is 5. The largest absolute Gasteiger partial charge is 0.293 e. The van der Waals surface area contributed by atoms with Gasteiger partial charge in [0, 0.05) is 16.9 Å². The van der Waals surface area contributed by atoms with Crippen molar-refractivity contribution in [2.75, 3.05) is 7.05 Å². The average molecular weight is 315 g/mol. The molecule has 1 atom stereocenters. The maximum atomic E-state index is 6.00. The van der Waals surface area contributed by atoms with Gasteiger partial charge in [0.2, 0.25) is 0 Å². The smallest absolute Gasteiger partial charge is 0.110 e. The van der Waals surface area contributed by atoms with E-state index in [0.29, 0.717) is 5.88 Å². The zero-order chi connectivity index (χ0) is 13.8. The molecule has 1 aromatic heterocycles. The molecule has 0 aliphatic rings. The third-order valence-corrected chi connectivity index (χ3v) is 4.62. The molecule has 2 aromatic rings. The van der Waals surface area contributed by atoms with Crippen molar-refractivity contribution in [2.45, 2.75) is 25.4 Å². The molecule has 2 nitrogen and oxygen atoms in total. The monoisotopic (exact) mass is 314 g/mol. The molecule has 1 unspecified atom stereocenters. The Morgan fingerprint density at radius 2 is 2.21 bits per heavy atom. The zero-order valence-corrected chi connectivity index (χ0v) is 13.3. The summed E-state index contributed by atoms with van der Waals surface area (Å²) in [5, 5.41) is 3.89. The predicted molar refractivity (Wildman–Crippen MR) is 83.0 cm³/mol. The molecule has 1 heterocycles. The molecule has 1 aromatic carbocycles. The van der Waals surface area contributed by atoms with Crippen molar-refractivity contribution >= 4 is 34.5 Å². The normalized spacial score (nSPS) is 12.9. The first-order valence-corrected chi connectivity index (χ1v) is 7.84. The van der Waals surface area contributed by atoms with Crippen LogP contribution in [-0.4, -0.2) is 16.9 Å². The highest BCUT2D eigenvalue weighted by Gasteiger charge is 2.15. The summed E-state index contributed by atoms with van der Waals surface area (Å²) in [5.74, 6) is 0.473. The molecular weight excluding hydrogens is 299 g/mol. The summed E-state index contributed by atoms with van der Waals surface area (Å²) in [5.41, 5.74) is 2.15. The van der Waals surface area contributed by atoms with E-state index >= 15 is 0 Å². The van der Waals surface area contributed by atoms with Gasteiger partial charge in [-0.05, 0) is 31.7 Å². The molecule has 0 fully saturated rings. The number of thiazole rings is 1. The van der Waals surface area contributed by atoms with E-state index in [4.69, 9.17) is 23.2 Å². The molecule has 5 heteroatoms. The maximum absolute atomic E-state index is 6.00. The van der Waals surface area contributed by atoms with E-state index < -0.39 is 0 Å². The van der Waals surface area contributed by atoms with E-state index in [0.717, 1.165) is 22.3 Å². The molecular formula is C14H16Cl2N2S. The van der Waals surface area contributed by atoms with Crippen LogP contribution in [0.1, 0.15) is 29.2 Å². The lowest BCUT2D eigenvalue weighted by Gasteiger charge is -2.23. The summed E-state index contributed by atoms with van der Waals surface area (Å²) in [6.45, 7) is 3.00. The van der Waals surface area contributed by atoms with Gasteiger partial charge < -0.3 is 0 Å². The number of nitrogens with zero attached hydrogens (tertiary/aromatic N) is 2. The van der Waals surface area contributed by atoms with Crippen molar-refractivity contribution in [1.29, 1.82) is 0 Å². The van der Waals surface area contributed by atoms with Gasteiger partial charge in [0.1, 0.15) is 5.01 Å². The Morgan fingerprint density at radius 3 is 2.84 bits per heavy atom. The van der Waals surface area contributed by atoms with E-state index in [-0.39, 0.29) is 6.04 Å². The van der Waals surface area contributed by atoms with Crippen molar-refractivity contribution in [3.63, 3.8) is 0 Å². The van der Waals surface area contributed by atoms with Gasteiger partial charge in [-0.15, -0.1) is 22.9 Å². The lowest BCUT2D eigenvalue weighted by molar-refractivity contribution is 0.252. The van der Waals surface area contributed by atoms with Crippen LogP contribution >= 0.6 is 34.5 Å². The standard InChI is InChI=1S/C14H16Cl2N2S/c1-10(14-17-13(7-15)9-19-14)18(2)8-11-4-3-5-12(16)6-11/h3-6,9-10H,7-8H2,1-2H3. The van der Waals surface area contributed by atoms with Gasteiger partial charge in [-0.25, -0.2) is 4.98 Å². The first-order chi connectivity index (χ1) is 9.10. The molecule has 0 saturated carbocycles. The number of hydrogen-bond acceptors (Lipinski definition) is 3. The summed E-state index contributed by atoms with van der Waals surface area (Å²) in [6, 6.07) is 8.21. The minimum absolute atomic E-state index is 0.265. The van der Waals surface area contributed by atoms with Gasteiger partial charge in [-0.3, -0.25) is 4.90 Å². The number of benzene rings is 1. The molecule has 0 amide bonds. The molecule has 0 spiro atoms. The summed E-state index contributed by atoms with van der Waals surface area (Å²) < 4.78 is 0. The fraction of sp³-hybridized carbons (Fsp3) is 0.357. The summed E-state index contributed by atoms with van der Waals surface area (Å²) in [6.07, 6.45) is 0. The lowest BCUT2D eigenvalue weighted by atomic mass is 10.2. The molecule has 19 heavy (non-hydrogen) atoms. The van der Waals surface area contributed by atoms with Crippen LogP contribution in [0.2, 0.25) is 5.02 Å². The Bertz CT molecular complexity index is 542. The SMILES string of the molecule is CC(c1nc(CCl)cs1)N(C)Cc1cccc(Cl)c1. The van der Waals surface area contributed by atoms with Crippen molar-refractivity contribution < 1.29 is 0 Å². The first kappa shape index (κ1) is 14.8. The fourth-order valence-electron chi connectivity index (χ4n) is 1.82. The van der Waals surface area contributed by atoms with E-state index in [1.807, 2.05) is 23.6 Å². The minimum Gasteiger partial charge on any atom is -0.293 e. The molecule has 2 rings (SSSR count). The van der Waals surface area contributed by atoms with Gasteiger partial charge in [-0.1, -0.05) is 23.7 Å². The molecule has 0 saturated heterocycles. The second-order valence-corrected chi connectivity index (χ2v) is 6.13. The van der Waals surface area contributed by atoms with E-state index in [1.165, 1.54) is 5.56 Å². The number of aromatic nitrogens is 1. The molecule has 0 N–H and O–H groups in total. The number of alkyl halides is 1. The predicted octanol–water partition coefficient (Wildman–Crippen LogP) is 4.73. The number of halogens is 2. The average Bonchev–Trinajstić information content (AvgIpc) is 2.86. The van der Waals surface area contributed by atoms with E-state index in [2.05, 4.69) is 29.9 Å². The third-order valence-electron chi connectivity index (χ3n) is 3.05. The quantitative estimate of drug-likeness (QED) is 0.742. The van der Waals surface area contributed by atoms with Gasteiger partial charge in [0.25, 0.3) is 0 Å². The zero-order valence-electron chi connectivity index (χ0n) is 10.9. The van der Waals surface area contributed by atoms with Crippen molar-refractivity contribution in [3.05, 3.63) is 50.9 Å². The van der Waals surface area contributed by atoms with E-state index in [9.17, 15) is 0 Å². The van der Waals surface area contributed by atoms with Crippen LogP contribution in [0.3, 0.4) is 0 Å². The molecule has 0 radical (unpaired) electrons. The van der Waals surface area contributed by atoms with Crippen molar-refractivity contribution in [1.82, 2.24) is 9.88 Å². The van der Waals surface area contributed by atoms with Gasteiger partial charge in [-0.2, -0.15) is 0 Å². The van der Waals surface area contributed by atoms with Crippen LogP contribution in [0.25, 0.3) is 0 Å². The third kappa shape index (κ3) is 3.93. The Balaban J connectivity index is 2.04. The Hall–Kier alpha value is -0.610. The Kier molecular flexibility index (Phi) is 5.22. The van der Waals surface area contributed by atoms with Gasteiger partial charge in [0.05, 0.1) is 17.6 Å². The number of hydrogen-bond donors (Lipinski definition) is 0. The van der Waals surface area contributed by atoms with Crippen molar-refractivity contribution in [3.8, 4) is 0 Å². The minimum atomic E-state index is 0.265. The van der Waals surface area contributed by atoms with Crippen LogP contribution in [-0.2, 0) is 12.4 Å². The van der Waals surface area contributed by atoms with Crippen LogP contribution in [0, 0.1) is 0 Å². The Morgan fingerprint density at radius 1 is 1.42 bits per heavy atom. The molecule has 102 valence electrons. The van der Waals surface area contributed by atoms with Gasteiger partial charge >= 0.3 is 0 Å². The molecule has 0 aliphatic carbocycles. The van der Waals surface area contributed by atoms with Crippen LogP contribution in [0.5, 0.6) is 0 Å². The topological polar surface area (TPSA) is 16.1 Å². The first-order valence-electron chi connectivity index (χ1n) is 6.05. The summed E-state index contributed by atoms with van der Waals surface area (Å²) in [7, 11) is 2.09. The Labute approximate surface area is 128 Å². The second kappa shape index (κ2) is 6.71. The highest BCUT2D eigenvalue weighted by atomic mass is 35.5. The van der Waals surface area contributed by atoms with Crippen molar-refractivity contribution in [2.24, 2.45) is 0 Å². The maximum Gasteiger partial charge on any atom is 0.110 e. The van der Waals surface area contributed by atoms with Crippen LogP contribution in [0.15, 0.2) is 29.6 Å². The van der Waals surface area contributed by atoms with Gasteiger partial charge in [0.15, 0.2) is 0 Å².